The van der Waals surface area contributed by atoms with Crippen LogP contribution in [0.5, 0.6) is 0 Å². The molecule has 0 saturated carbocycles. The molecule has 0 radical (unpaired) electrons. The number of hydrogen-bond donors (Lipinski definition) is 2. The standard InChI is InChI=1S/C13H15FN2O/c1-7(2)15-13(17)12-8(3)16-11-6-9(14)4-5-10(11)12/h4-7,16H,1-3H3,(H,15,17). The highest BCUT2D eigenvalue weighted by atomic mass is 19.1. The Bertz CT molecular complexity index is 572. The van der Waals surface area contributed by atoms with Gasteiger partial charge in [0.05, 0.1) is 5.56 Å². The lowest BCUT2D eigenvalue weighted by atomic mass is 10.1. The van der Waals surface area contributed by atoms with Crippen molar-refractivity contribution in [3.05, 3.63) is 35.3 Å². The van der Waals surface area contributed by atoms with Gasteiger partial charge in [0.2, 0.25) is 0 Å². The predicted molar refractivity (Wildman–Crippen MR) is 65.6 cm³/mol. The van der Waals surface area contributed by atoms with Crippen molar-refractivity contribution >= 4 is 16.8 Å². The molecule has 1 aromatic carbocycles. The molecule has 0 bridgehead atoms. The fourth-order valence-electron chi connectivity index (χ4n) is 1.93. The van der Waals surface area contributed by atoms with Crippen molar-refractivity contribution in [2.45, 2.75) is 26.8 Å². The van der Waals surface area contributed by atoms with Crippen LogP contribution < -0.4 is 5.32 Å². The van der Waals surface area contributed by atoms with E-state index in [9.17, 15) is 9.18 Å². The maximum absolute atomic E-state index is 13.1. The second kappa shape index (κ2) is 4.20. The smallest absolute Gasteiger partial charge is 0.253 e. The van der Waals surface area contributed by atoms with E-state index < -0.39 is 0 Å². The highest BCUT2D eigenvalue weighted by Crippen LogP contribution is 2.22. The maximum atomic E-state index is 13.1. The number of aromatic nitrogens is 1. The van der Waals surface area contributed by atoms with E-state index in [2.05, 4.69) is 10.3 Å². The van der Waals surface area contributed by atoms with Gasteiger partial charge in [0.1, 0.15) is 5.82 Å². The van der Waals surface area contributed by atoms with Crippen LogP contribution in [0.25, 0.3) is 10.9 Å². The fourth-order valence-corrected chi connectivity index (χ4v) is 1.93. The van der Waals surface area contributed by atoms with Crippen LogP contribution in [0.4, 0.5) is 4.39 Å². The van der Waals surface area contributed by atoms with Gasteiger partial charge in [0.15, 0.2) is 0 Å². The zero-order chi connectivity index (χ0) is 12.6. The minimum Gasteiger partial charge on any atom is -0.358 e. The summed E-state index contributed by atoms with van der Waals surface area (Å²) in [7, 11) is 0. The first-order valence-electron chi connectivity index (χ1n) is 5.57. The Morgan fingerprint density at radius 1 is 1.41 bits per heavy atom. The van der Waals surface area contributed by atoms with Crippen LogP contribution in [0.2, 0.25) is 0 Å². The predicted octanol–water partition coefficient (Wildman–Crippen LogP) is 2.75. The van der Waals surface area contributed by atoms with Gasteiger partial charge in [0.25, 0.3) is 5.91 Å². The first kappa shape index (κ1) is 11.6. The average Bonchev–Trinajstić information content (AvgIpc) is 2.51. The maximum Gasteiger partial charge on any atom is 0.253 e. The summed E-state index contributed by atoms with van der Waals surface area (Å²) in [6.07, 6.45) is 0. The third-order valence-corrected chi connectivity index (χ3v) is 2.59. The molecule has 4 heteroatoms. The number of rotatable bonds is 2. The number of halogens is 1. The lowest BCUT2D eigenvalue weighted by molar-refractivity contribution is 0.0944. The summed E-state index contributed by atoms with van der Waals surface area (Å²) in [5.74, 6) is -0.440. The first-order valence-corrected chi connectivity index (χ1v) is 5.57. The number of nitrogens with one attached hydrogen (secondary N) is 2. The Morgan fingerprint density at radius 3 is 2.76 bits per heavy atom. The molecule has 3 nitrogen and oxygen atoms in total. The van der Waals surface area contributed by atoms with Crippen LogP contribution in [0.1, 0.15) is 29.9 Å². The van der Waals surface area contributed by atoms with E-state index in [1.54, 1.807) is 6.07 Å². The van der Waals surface area contributed by atoms with Crippen molar-refractivity contribution < 1.29 is 9.18 Å². The normalized spacial score (nSPS) is 11.1. The lowest BCUT2D eigenvalue weighted by Crippen LogP contribution is -2.30. The number of hydrogen-bond acceptors (Lipinski definition) is 1. The van der Waals surface area contributed by atoms with Gasteiger partial charge >= 0.3 is 0 Å². The van der Waals surface area contributed by atoms with Crippen LogP contribution in [0.15, 0.2) is 18.2 Å². The quantitative estimate of drug-likeness (QED) is 0.824. The second-order valence-corrected chi connectivity index (χ2v) is 4.44. The highest BCUT2D eigenvalue weighted by molar-refractivity contribution is 6.08. The van der Waals surface area contributed by atoms with Crippen LogP contribution in [-0.4, -0.2) is 16.9 Å². The van der Waals surface area contributed by atoms with E-state index in [1.165, 1.54) is 12.1 Å². The number of aromatic amines is 1. The summed E-state index contributed by atoms with van der Waals surface area (Å²) in [5, 5.41) is 3.59. The molecule has 2 aromatic rings. The summed E-state index contributed by atoms with van der Waals surface area (Å²) < 4.78 is 13.1. The molecule has 2 N–H and O–H groups in total. The van der Waals surface area contributed by atoms with Gasteiger partial charge < -0.3 is 10.3 Å². The van der Waals surface area contributed by atoms with E-state index >= 15 is 0 Å². The van der Waals surface area contributed by atoms with E-state index in [4.69, 9.17) is 0 Å². The molecule has 90 valence electrons. The van der Waals surface area contributed by atoms with Crippen molar-refractivity contribution in [2.75, 3.05) is 0 Å². The summed E-state index contributed by atoms with van der Waals surface area (Å²) in [6.45, 7) is 5.62. The number of fused-ring (bicyclic) bond motifs is 1. The number of H-pyrrole nitrogens is 1. The molecule has 0 aliphatic carbocycles. The molecular formula is C13H15FN2O. The summed E-state index contributed by atoms with van der Waals surface area (Å²) >= 11 is 0. The Kier molecular flexibility index (Phi) is 2.88. The minimum absolute atomic E-state index is 0.0762. The zero-order valence-corrected chi connectivity index (χ0v) is 10.1. The number of aryl methyl sites for hydroxylation is 1. The minimum atomic E-state index is -0.311. The van der Waals surface area contributed by atoms with Crippen molar-refractivity contribution in [3.63, 3.8) is 0 Å². The molecule has 0 unspecified atom stereocenters. The molecule has 1 heterocycles. The second-order valence-electron chi connectivity index (χ2n) is 4.44. The third-order valence-electron chi connectivity index (χ3n) is 2.59. The number of carbonyl (C=O) groups is 1. The van der Waals surface area contributed by atoms with Gasteiger partial charge in [-0.25, -0.2) is 4.39 Å². The zero-order valence-electron chi connectivity index (χ0n) is 10.1. The van der Waals surface area contributed by atoms with Crippen molar-refractivity contribution in [1.29, 1.82) is 0 Å². The van der Waals surface area contributed by atoms with Gasteiger partial charge in [-0.2, -0.15) is 0 Å². The van der Waals surface area contributed by atoms with Gasteiger partial charge in [-0.1, -0.05) is 0 Å². The molecule has 0 spiro atoms. The van der Waals surface area contributed by atoms with Gasteiger partial charge in [-0.3, -0.25) is 4.79 Å². The van der Waals surface area contributed by atoms with E-state index in [1.807, 2.05) is 20.8 Å². The van der Waals surface area contributed by atoms with Crippen LogP contribution in [0, 0.1) is 12.7 Å². The SMILES string of the molecule is Cc1[nH]c2cc(F)ccc2c1C(=O)NC(C)C. The van der Waals surface area contributed by atoms with Crippen LogP contribution in [0.3, 0.4) is 0 Å². The Morgan fingerprint density at radius 2 is 2.12 bits per heavy atom. The number of carbonyl (C=O) groups excluding carboxylic acids is 1. The van der Waals surface area contributed by atoms with E-state index in [0.29, 0.717) is 11.1 Å². The van der Waals surface area contributed by atoms with Gasteiger partial charge in [0, 0.05) is 22.6 Å². The molecule has 17 heavy (non-hydrogen) atoms. The Balaban J connectivity index is 2.53. The fraction of sp³-hybridized carbons (Fsp3) is 0.308. The molecule has 0 aliphatic heterocycles. The molecule has 0 aliphatic rings. The highest BCUT2D eigenvalue weighted by Gasteiger charge is 2.16. The van der Waals surface area contributed by atoms with Crippen molar-refractivity contribution in [1.82, 2.24) is 10.3 Å². The van der Waals surface area contributed by atoms with E-state index in [0.717, 1.165) is 11.1 Å². The summed E-state index contributed by atoms with van der Waals surface area (Å²) in [5.41, 5.74) is 1.99. The van der Waals surface area contributed by atoms with E-state index in [-0.39, 0.29) is 17.8 Å². The number of benzene rings is 1. The molecule has 2 rings (SSSR count). The molecule has 0 saturated heterocycles. The number of amides is 1. The lowest BCUT2D eigenvalue weighted by Gasteiger charge is -2.08. The molecular weight excluding hydrogens is 219 g/mol. The van der Waals surface area contributed by atoms with Crippen molar-refractivity contribution in [2.24, 2.45) is 0 Å². The molecule has 1 aromatic heterocycles. The third kappa shape index (κ3) is 2.16. The summed E-state index contributed by atoms with van der Waals surface area (Å²) in [4.78, 5) is 15.0. The van der Waals surface area contributed by atoms with Crippen molar-refractivity contribution in [3.8, 4) is 0 Å². The Labute approximate surface area is 99.0 Å². The van der Waals surface area contributed by atoms with Crippen LogP contribution in [-0.2, 0) is 0 Å². The van der Waals surface area contributed by atoms with Gasteiger partial charge in [-0.15, -0.1) is 0 Å². The first-order chi connectivity index (χ1) is 7.99. The average molecular weight is 234 g/mol. The molecule has 1 amide bonds. The molecule has 0 fully saturated rings. The Hall–Kier alpha value is -1.84. The van der Waals surface area contributed by atoms with Crippen LogP contribution >= 0.6 is 0 Å². The molecule has 0 atom stereocenters. The topological polar surface area (TPSA) is 44.9 Å². The largest absolute Gasteiger partial charge is 0.358 e. The monoisotopic (exact) mass is 234 g/mol. The van der Waals surface area contributed by atoms with Gasteiger partial charge in [-0.05, 0) is 39.0 Å². The summed E-state index contributed by atoms with van der Waals surface area (Å²) in [6, 6.07) is 4.46.